The molecule has 3 N–H and O–H groups in total. The average Bonchev–Trinajstić information content (AvgIpc) is 2.41. The molecule has 2 aromatic rings. The lowest BCUT2D eigenvalue weighted by Crippen LogP contribution is -2.11. The number of aromatic nitrogens is 2. The predicted octanol–water partition coefficient (Wildman–Crippen LogP) is 2.19. The van der Waals surface area contributed by atoms with Gasteiger partial charge in [0.15, 0.2) is 5.82 Å². The van der Waals surface area contributed by atoms with Crippen LogP contribution in [-0.2, 0) is 11.3 Å². The Morgan fingerprint density at radius 1 is 1.21 bits per heavy atom. The summed E-state index contributed by atoms with van der Waals surface area (Å²) >= 11 is 0. The Balaban J connectivity index is 2.54. The number of methoxy groups -OCH3 is 1. The highest BCUT2D eigenvalue weighted by Crippen LogP contribution is 2.23. The van der Waals surface area contributed by atoms with Crippen LogP contribution >= 0.6 is 0 Å². The normalized spacial score (nSPS) is 10.5. The van der Waals surface area contributed by atoms with E-state index in [-0.39, 0.29) is 0 Å². The minimum atomic E-state index is 0.426. The minimum Gasteiger partial charge on any atom is -0.378 e. The van der Waals surface area contributed by atoms with Crippen molar-refractivity contribution in [2.45, 2.75) is 20.5 Å². The zero-order chi connectivity index (χ0) is 13.8. The van der Waals surface area contributed by atoms with Crippen molar-refractivity contribution in [2.75, 3.05) is 12.5 Å². The van der Waals surface area contributed by atoms with Crippen molar-refractivity contribution in [3.05, 3.63) is 41.1 Å². The Morgan fingerprint density at radius 3 is 2.68 bits per heavy atom. The van der Waals surface area contributed by atoms with Crippen molar-refractivity contribution in [1.82, 2.24) is 9.97 Å². The monoisotopic (exact) mass is 258 g/mol. The minimum absolute atomic E-state index is 0.426. The van der Waals surface area contributed by atoms with Crippen LogP contribution in [-0.4, -0.2) is 17.1 Å². The highest BCUT2D eigenvalue weighted by atomic mass is 16.5. The van der Waals surface area contributed by atoms with Gasteiger partial charge in [-0.3, -0.25) is 0 Å². The summed E-state index contributed by atoms with van der Waals surface area (Å²) in [6.45, 7) is 4.51. The van der Waals surface area contributed by atoms with Crippen LogP contribution in [0, 0.1) is 13.8 Å². The third-order valence-corrected chi connectivity index (χ3v) is 2.85. The highest BCUT2D eigenvalue weighted by Gasteiger charge is 2.09. The summed E-state index contributed by atoms with van der Waals surface area (Å²) in [4.78, 5) is 8.92. The molecule has 1 aromatic carbocycles. The Morgan fingerprint density at radius 2 is 2.00 bits per heavy atom. The van der Waals surface area contributed by atoms with E-state index in [2.05, 4.69) is 33.6 Å². The van der Waals surface area contributed by atoms with Crippen LogP contribution in [0.5, 0.6) is 0 Å². The Bertz CT molecular complexity index is 584. The van der Waals surface area contributed by atoms with Crippen molar-refractivity contribution < 1.29 is 4.74 Å². The van der Waals surface area contributed by atoms with E-state index >= 15 is 0 Å². The number of hydrogen-bond donors (Lipinski definition) is 2. The summed E-state index contributed by atoms with van der Waals surface area (Å²) in [6, 6.07) is 7.98. The maximum Gasteiger partial charge on any atom is 0.162 e. The van der Waals surface area contributed by atoms with Gasteiger partial charge in [-0.15, -0.1) is 0 Å². The number of anilines is 1. The van der Waals surface area contributed by atoms with E-state index in [1.54, 1.807) is 13.2 Å². The molecule has 1 aromatic heterocycles. The quantitative estimate of drug-likeness (QED) is 0.649. The molecule has 0 atom stereocenters. The van der Waals surface area contributed by atoms with Crippen molar-refractivity contribution in [1.29, 1.82) is 0 Å². The van der Waals surface area contributed by atoms with Crippen molar-refractivity contribution in [3.8, 4) is 11.4 Å². The summed E-state index contributed by atoms with van der Waals surface area (Å²) in [5, 5.41) is 0. The van der Waals surface area contributed by atoms with Crippen LogP contribution in [0.3, 0.4) is 0 Å². The van der Waals surface area contributed by atoms with Crippen LogP contribution in [0.1, 0.15) is 16.8 Å². The summed E-state index contributed by atoms with van der Waals surface area (Å²) in [6.07, 6.45) is 0. The lowest BCUT2D eigenvalue weighted by Gasteiger charge is -2.10. The predicted molar refractivity (Wildman–Crippen MR) is 75.5 cm³/mol. The topological polar surface area (TPSA) is 73.1 Å². The smallest absolute Gasteiger partial charge is 0.162 e. The van der Waals surface area contributed by atoms with E-state index in [1.165, 1.54) is 5.56 Å². The van der Waals surface area contributed by atoms with Crippen molar-refractivity contribution in [3.63, 3.8) is 0 Å². The van der Waals surface area contributed by atoms with Gasteiger partial charge in [-0.05, 0) is 25.5 Å². The van der Waals surface area contributed by atoms with Crippen LogP contribution in [0.25, 0.3) is 11.4 Å². The van der Waals surface area contributed by atoms with Crippen molar-refractivity contribution >= 4 is 5.82 Å². The van der Waals surface area contributed by atoms with Gasteiger partial charge in [-0.1, -0.05) is 17.7 Å². The number of aryl methyl sites for hydroxylation is 2. The Labute approximate surface area is 112 Å². The number of benzene rings is 1. The molecular formula is C14H18N4O. The maximum absolute atomic E-state index is 5.45. The Hall–Kier alpha value is -1.98. The number of nitrogens with two attached hydrogens (primary N) is 1. The number of ether oxygens (including phenoxy) is 1. The van der Waals surface area contributed by atoms with Gasteiger partial charge in [0.05, 0.1) is 12.3 Å². The van der Waals surface area contributed by atoms with E-state index in [0.717, 1.165) is 16.8 Å². The molecule has 0 amide bonds. The number of nitrogens with zero attached hydrogens (tertiary/aromatic N) is 2. The number of hydrazine groups is 1. The first-order valence-electron chi connectivity index (χ1n) is 6.05. The second-order valence-corrected chi connectivity index (χ2v) is 4.46. The molecule has 0 aliphatic heterocycles. The third-order valence-electron chi connectivity index (χ3n) is 2.85. The van der Waals surface area contributed by atoms with E-state index in [9.17, 15) is 0 Å². The molecule has 0 unspecified atom stereocenters. The van der Waals surface area contributed by atoms with Crippen LogP contribution in [0.15, 0.2) is 24.3 Å². The lowest BCUT2D eigenvalue weighted by molar-refractivity contribution is 0.181. The summed E-state index contributed by atoms with van der Waals surface area (Å²) in [7, 11) is 1.63. The Kier molecular flexibility index (Phi) is 4.09. The zero-order valence-corrected chi connectivity index (χ0v) is 11.4. The lowest BCUT2D eigenvalue weighted by atomic mass is 10.1. The maximum atomic E-state index is 5.45. The second kappa shape index (κ2) is 5.77. The standard InChI is InChI=1S/C14H18N4O/c1-9-4-5-10(2)12(6-9)14-16-11(8-19-3)7-13(17-14)18-15/h4-7H,8,15H2,1-3H3,(H,16,17,18). The van der Waals surface area contributed by atoms with Gasteiger partial charge in [-0.2, -0.15) is 0 Å². The summed E-state index contributed by atoms with van der Waals surface area (Å²) < 4.78 is 5.11. The van der Waals surface area contributed by atoms with Gasteiger partial charge in [0.2, 0.25) is 0 Å². The fourth-order valence-corrected chi connectivity index (χ4v) is 1.89. The van der Waals surface area contributed by atoms with Gasteiger partial charge < -0.3 is 10.2 Å². The highest BCUT2D eigenvalue weighted by molar-refractivity contribution is 5.62. The van der Waals surface area contributed by atoms with Gasteiger partial charge in [0.1, 0.15) is 5.82 Å². The number of nitrogen functional groups attached to an aromatic ring is 1. The molecule has 0 saturated heterocycles. The number of hydrogen-bond acceptors (Lipinski definition) is 5. The fourth-order valence-electron chi connectivity index (χ4n) is 1.89. The molecule has 19 heavy (non-hydrogen) atoms. The molecule has 0 radical (unpaired) electrons. The van der Waals surface area contributed by atoms with Crippen LogP contribution < -0.4 is 11.3 Å². The zero-order valence-electron chi connectivity index (χ0n) is 11.4. The first kappa shape index (κ1) is 13.5. The molecule has 0 spiro atoms. The van der Waals surface area contributed by atoms with Gasteiger partial charge in [-0.25, -0.2) is 15.8 Å². The van der Waals surface area contributed by atoms with Crippen LogP contribution in [0.2, 0.25) is 0 Å². The number of rotatable bonds is 4. The number of nitrogens with one attached hydrogen (secondary N) is 1. The first-order chi connectivity index (χ1) is 9.13. The molecule has 0 aliphatic carbocycles. The third kappa shape index (κ3) is 3.07. The second-order valence-electron chi connectivity index (χ2n) is 4.46. The molecule has 0 fully saturated rings. The van der Waals surface area contributed by atoms with Crippen molar-refractivity contribution in [2.24, 2.45) is 5.84 Å². The van der Waals surface area contributed by atoms with E-state index in [1.807, 2.05) is 13.8 Å². The molecule has 100 valence electrons. The molecule has 5 nitrogen and oxygen atoms in total. The van der Waals surface area contributed by atoms with Gasteiger partial charge >= 0.3 is 0 Å². The van der Waals surface area contributed by atoms with Gasteiger partial charge in [0.25, 0.3) is 0 Å². The van der Waals surface area contributed by atoms with Gasteiger partial charge in [0, 0.05) is 18.7 Å². The average molecular weight is 258 g/mol. The first-order valence-corrected chi connectivity index (χ1v) is 6.05. The largest absolute Gasteiger partial charge is 0.378 e. The summed E-state index contributed by atoms with van der Waals surface area (Å²) in [5.41, 5.74) is 6.66. The molecule has 0 saturated carbocycles. The fraction of sp³-hybridized carbons (Fsp3) is 0.286. The molecule has 5 heteroatoms. The molecule has 0 aliphatic rings. The molecule has 1 heterocycles. The molecule has 0 bridgehead atoms. The van der Waals surface area contributed by atoms with E-state index < -0.39 is 0 Å². The van der Waals surface area contributed by atoms with E-state index in [0.29, 0.717) is 18.2 Å². The molecule has 2 rings (SSSR count). The summed E-state index contributed by atoms with van der Waals surface area (Å²) in [5.74, 6) is 6.69. The molecular weight excluding hydrogens is 240 g/mol. The SMILES string of the molecule is COCc1cc(NN)nc(-c2cc(C)ccc2C)n1. The van der Waals surface area contributed by atoms with E-state index in [4.69, 9.17) is 10.6 Å². The van der Waals surface area contributed by atoms with Crippen LogP contribution in [0.4, 0.5) is 5.82 Å².